The molecule has 6 heteroatoms. The van der Waals surface area contributed by atoms with Crippen molar-refractivity contribution in [2.24, 2.45) is 11.1 Å². The minimum atomic E-state index is -0.630. The fourth-order valence-electron chi connectivity index (χ4n) is 1.46. The molecule has 1 rings (SSSR count). The standard InChI is InChI=1S/C13H18BrClN2O2/c1-13(2,3)11(16)12(18)17-9-6-7(15)5-8(14)10(9)19-4/h5-6,11H,16H2,1-4H3,(H,17,18)/t11-/m0/s1. The summed E-state index contributed by atoms with van der Waals surface area (Å²) in [5.41, 5.74) is 6.08. The molecule has 19 heavy (non-hydrogen) atoms. The quantitative estimate of drug-likeness (QED) is 0.879. The zero-order chi connectivity index (χ0) is 14.8. The van der Waals surface area contributed by atoms with Gasteiger partial charge in [-0.1, -0.05) is 32.4 Å². The zero-order valence-electron chi connectivity index (χ0n) is 11.4. The van der Waals surface area contributed by atoms with E-state index in [1.807, 2.05) is 20.8 Å². The van der Waals surface area contributed by atoms with E-state index in [0.717, 1.165) is 0 Å². The van der Waals surface area contributed by atoms with Crippen molar-refractivity contribution in [1.29, 1.82) is 0 Å². The average molecular weight is 350 g/mol. The Hall–Kier alpha value is -0.780. The number of ether oxygens (including phenoxy) is 1. The third kappa shape index (κ3) is 4.09. The Bertz CT molecular complexity index is 486. The molecule has 0 spiro atoms. The number of carbonyl (C=O) groups is 1. The van der Waals surface area contributed by atoms with Crippen LogP contribution in [0, 0.1) is 5.41 Å². The first-order valence-electron chi connectivity index (χ1n) is 5.76. The number of hydrogen-bond donors (Lipinski definition) is 2. The van der Waals surface area contributed by atoms with Crippen LogP contribution in [0.2, 0.25) is 5.02 Å². The molecule has 1 aromatic rings. The van der Waals surface area contributed by atoms with Crippen molar-refractivity contribution >= 4 is 39.1 Å². The molecule has 3 N–H and O–H groups in total. The molecule has 0 radical (unpaired) electrons. The van der Waals surface area contributed by atoms with Crippen molar-refractivity contribution in [3.63, 3.8) is 0 Å². The van der Waals surface area contributed by atoms with Gasteiger partial charge in [-0.15, -0.1) is 0 Å². The van der Waals surface area contributed by atoms with Crippen LogP contribution < -0.4 is 15.8 Å². The van der Waals surface area contributed by atoms with Gasteiger partial charge in [-0.05, 0) is 33.5 Å². The van der Waals surface area contributed by atoms with Crippen molar-refractivity contribution in [1.82, 2.24) is 0 Å². The lowest BCUT2D eigenvalue weighted by Gasteiger charge is -2.26. The Balaban J connectivity index is 3.03. The maximum Gasteiger partial charge on any atom is 0.241 e. The maximum absolute atomic E-state index is 12.1. The molecule has 0 aromatic heterocycles. The summed E-state index contributed by atoms with van der Waals surface area (Å²) in [7, 11) is 1.52. The Morgan fingerprint density at radius 2 is 2.05 bits per heavy atom. The van der Waals surface area contributed by atoms with Crippen molar-refractivity contribution in [2.45, 2.75) is 26.8 Å². The van der Waals surface area contributed by atoms with E-state index in [4.69, 9.17) is 22.1 Å². The number of anilines is 1. The lowest BCUT2D eigenvalue weighted by molar-refractivity contribution is -0.119. The van der Waals surface area contributed by atoms with E-state index >= 15 is 0 Å². The number of carbonyl (C=O) groups excluding carboxylic acids is 1. The third-order valence-corrected chi connectivity index (χ3v) is 3.49. The predicted octanol–water partition coefficient (Wildman–Crippen LogP) is 3.42. The fourth-order valence-corrected chi connectivity index (χ4v) is 2.44. The topological polar surface area (TPSA) is 64.3 Å². The highest BCUT2D eigenvalue weighted by Crippen LogP contribution is 2.36. The number of hydrogen-bond acceptors (Lipinski definition) is 3. The molecular formula is C13H18BrClN2O2. The highest BCUT2D eigenvalue weighted by molar-refractivity contribution is 9.10. The molecule has 0 aliphatic heterocycles. The molecular weight excluding hydrogens is 332 g/mol. The van der Waals surface area contributed by atoms with Gasteiger partial charge >= 0.3 is 0 Å². The number of rotatable bonds is 3. The molecule has 0 aliphatic carbocycles. The summed E-state index contributed by atoms with van der Waals surface area (Å²) in [5, 5.41) is 3.24. The Kier molecular flexibility index (Phi) is 5.24. The monoisotopic (exact) mass is 348 g/mol. The summed E-state index contributed by atoms with van der Waals surface area (Å²) in [5.74, 6) is 0.235. The minimum absolute atomic E-state index is 0.278. The third-order valence-electron chi connectivity index (χ3n) is 2.69. The lowest BCUT2D eigenvalue weighted by Crippen LogP contribution is -2.45. The fraction of sp³-hybridized carbons (Fsp3) is 0.462. The average Bonchev–Trinajstić information content (AvgIpc) is 2.26. The number of halogens is 2. The molecule has 0 bridgehead atoms. The first kappa shape index (κ1) is 16.3. The van der Waals surface area contributed by atoms with E-state index in [0.29, 0.717) is 20.9 Å². The summed E-state index contributed by atoms with van der Waals surface area (Å²) in [6.07, 6.45) is 0. The molecule has 0 fully saturated rings. The second-order valence-corrected chi connectivity index (χ2v) is 6.59. The van der Waals surface area contributed by atoms with Gasteiger partial charge in [0, 0.05) is 5.02 Å². The van der Waals surface area contributed by atoms with Crippen LogP contribution >= 0.6 is 27.5 Å². The molecule has 106 valence electrons. The molecule has 1 aromatic carbocycles. The van der Waals surface area contributed by atoms with Crippen LogP contribution in [-0.2, 0) is 4.79 Å². The highest BCUT2D eigenvalue weighted by atomic mass is 79.9. The number of amides is 1. The summed E-state index contributed by atoms with van der Waals surface area (Å²) in [4.78, 5) is 12.1. The molecule has 4 nitrogen and oxygen atoms in total. The number of benzene rings is 1. The van der Waals surface area contributed by atoms with Gasteiger partial charge < -0.3 is 15.8 Å². The Labute approximate surface area is 126 Å². The predicted molar refractivity (Wildman–Crippen MR) is 81.8 cm³/mol. The van der Waals surface area contributed by atoms with Gasteiger partial charge in [0.15, 0.2) is 5.75 Å². The van der Waals surface area contributed by atoms with Gasteiger partial charge in [0.25, 0.3) is 0 Å². The summed E-state index contributed by atoms with van der Waals surface area (Å²) < 4.78 is 5.90. The van der Waals surface area contributed by atoms with E-state index in [1.165, 1.54) is 7.11 Å². The molecule has 0 saturated heterocycles. The maximum atomic E-state index is 12.1. The van der Waals surface area contributed by atoms with E-state index in [2.05, 4.69) is 21.2 Å². The van der Waals surface area contributed by atoms with E-state index in [9.17, 15) is 4.79 Å². The SMILES string of the molecule is COc1c(Br)cc(Cl)cc1NC(=O)[C@H](N)C(C)(C)C. The van der Waals surface area contributed by atoms with E-state index < -0.39 is 6.04 Å². The van der Waals surface area contributed by atoms with Crippen LogP contribution in [-0.4, -0.2) is 19.1 Å². The number of nitrogens with two attached hydrogens (primary N) is 1. The van der Waals surface area contributed by atoms with Crippen LogP contribution in [0.5, 0.6) is 5.75 Å². The summed E-state index contributed by atoms with van der Waals surface area (Å²) in [6, 6.07) is 2.69. The minimum Gasteiger partial charge on any atom is -0.493 e. The number of methoxy groups -OCH3 is 1. The molecule has 1 atom stereocenters. The van der Waals surface area contributed by atoms with Gasteiger partial charge in [0.2, 0.25) is 5.91 Å². The van der Waals surface area contributed by atoms with Crippen LogP contribution in [0.1, 0.15) is 20.8 Å². The van der Waals surface area contributed by atoms with Crippen molar-refractivity contribution in [2.75, 3.05) is 12.4 Å². The van der Waals surface area contributed by atoms with Crippen LogP contribution in [0.3, 0.4) is 0 Å². The Morgan fingerprint density at radius 1 is 1.47 bits per heavy atom. The Morgan fingerprint density at radius 3 is 2.53 bits per heavy atom. The van der Waals surface area contributed by atoms with Gasteiger partial charge in [-0.3, -0.25) is 4.79 Å². The molecule has 1 amide bonds. The second-order valence-electron chi connectivity index (χ2n) is 5.30. The molecule has 0 aliphatic rings. The van der Waals surface area contributed by atoms with E-state index in [1.54, 1.807) is 12.1 Å². The first-order chi connectivity index (χ1) is 8.66. The second kappa shape index (κ2) is 6.11. The van der Waals surface area contributed by atoms with Gasteiger partial charge in [-0.25, -0.2) is 0 Å². The number of nitrogens with one attached hydrogen (secondary N) is 1. The molecule has 0 unspecified atom stereocenters. The van der Waals surface area contributed by atoms with Gasteiger partial charge in [0.1, 0.15) is 0 Å². The smallest absolute Gasteiger partial charge is 0.241 e. The highest BCUT2D eigenvalue weighted by Gasteiger charge is 2.28. The van der Waals surface area contributed by atoms with Crippen LogP contribution in [0.4, 0.5) is 5.69 Å². The van der Waals surface area contributed by atoms with Gasteiger partial charge in [-0.2, -0.15) is 0 Å². The zero-order valence-corrected chi connectivity index (χ0v) is 13.7. The van der Waals surface area contributed by atoms with Crippen molar-refractivity contribution in [3.8, 4) is 5.75 Å². The van der Waals surface area contributed by atoms with Crippen LogP contribution in [0.25, 0.3) is 0 Å². The lowest BCUT2D eigenvalue weighted by atomic mass is 9.87. The van der Waals surface area contributed by atoms with Crippen LogP contribution in [0.15, 0.2) is 16.6 Å². The normalized spacial score (nSPS) is 13.0. The molecule has 0 saturated carbocycles. The summed E-state index contributed by atoms with van der Waals surface area (Å²) in [6.45, 7) is 5.72. The molecule has 0 heterocycles. The van der Waals surface area contributed by atoms with Gasteiger partial charge in [0.05, 0.1) is 23.3 Å². The largest absolute Gasteiger partial charge is 0.493 e. The van der Waals surface area contributed by atoms with Crippen molar-refractivity contribution < 1.29 is 9.53 Å². The first-order valence-corrected chi connectivity index (χ1v) is 6.93. The summed E-state index contributed by atoms with van der Waals surface area (Å²) >= 11 is 9.30. The van der Waals surface area contributed by atoms with E-state index in [-0.39, 0.29) is 11.3 Å². The van der Waals surface area contributed by atoms with Crippen molar-refractivity contribution in [3.05, 3.63) is 21.6 Å².